The molecule has 160 valence electrons. The van der Waals surface area contributed by atoms with Crippen LogP contribution in [0, 0.1) is 18.6 Å². The number of rotatable bonds is 3. The van der Waals surface area contributed by atoms with Crippen molar-refractivity contribution in [2.45, 2.75) is 25.8 Å². The van der Waals surface area contributed by atoms with Crippen molar-refractivity contribution < 1.29 is 8.78 Å². The van der Waals surface area contributed by atoms with E-state index >= 15 is 0 Å². The Morgan fingerprint density at radius 2 is 2.03 bits per heavy atom. The van der Waals surface area contributed by atoms with Crippen LogP contribution in [0.25, 0.3) is 28.2 Å². The molecule has 1 N–H and O–H groups in total. The molecule has 5 heterocycles. The third-order valence-electron chi connectivity index (χ3n) is 6.07. The van der Waals surface area contributed by atoms with Gasteiger partial charge in [0.25, 0.3) is 0 Å². The number of aromatic nitrogens is 6. The first-order valence-corrected chi connectivity index (χ1v) is 10.5. The molecule has 0 spiro atoms. The number of halogens is 2. The zero-order chi connectivity index (χ0) is 21.8. The topological polar surface area (TPSA) is 75.0 Å². The maximum Gasteiger partial charge on any atom is 0.178 e. The van der Waals surface area contributed by atoms with E-state index in [1.54, 1.807) is 16.9 Å². The molecule has 0 bridgehead atoms. The highest BCUT2D eigenvalue weighted by molar-refractivity contribution is 5.82. The van der Waals surface area contributed by atoms with Gasteiger partial charge in [0.2, 0.25) is 0 Å². The fraction of sp³-hybridized carbons (Fsp3) is 0.217. The van der Waals surface area contributed by atoms with Crippen LogP contribution in [-0.4, -0.2) is 36.1 Å². The van der Waals surface area contributed by atoms with E-state index in [9.17, 15) is 8.78 Å². The quantitative estimate of drug-likeness (QED) is 0.452. The van der Waals surface area contributed by atoms with Gasteiger partial charge in [0.05, 0.1) is 23.3 Å². The molecular weight excluding hydrogens is 412 g/mol. The van der Waals surface area contributed by atoms with Gasteiger partial charge in [0, 0.05) is 24.5 Å². The molecule has 1 aliphatic rings. The van der Waals surface area contributed by atoms with Gasteiger partial charge in [-0.25, -0.2) is 28.2 Å². The summed E-state index contributed by atoms with van der Waals surface area (Å²) in [6.07, 6.45) is 6.87. The van der Waals surface area contributed by atoms with E-state index in [0.29, 0.717) is 35.0 Å². The summed E-state index contributed by atoms with van der Waals surface area (Å²) in [6.45, 7) is 2.71. The molecule has 9 heteroatoms. The molecule has 0 radical (unpaired) electrons. The lowest BCUT2D eigenvalue weighted by Crippen LogP contribution is -2.24. The zero-order valence-electron chi connectivity index (χ0n) is 17.3. The predicted octanol–water partition coefficient (Wildman–Crippen LogP) is 4.60. The second-order valence-electron chi connectivity index (χ2n) is 8.04. The van der Waals surface area contributed by atoms with E-state index in [-0.39, 0.29) is 6.04 Å². The van der Waals surface area contributed by atoms with Crippen LogP contribution < -0.4 is 4.90 Å². The summed E-state index contributed by atoms with van der Waals surface area (Å²) >= 11 is 0. The number of aromatic amines is 1. The fourth-order valence-corrected chi connectivity index (χ4v) is 4.48. The molecular formula is C23H19F2N7. The van der Waals surface area contributed by atoms with Gasteiger partial charge in [-0.2, -0.15) is 5.10 Å². The monoisotopic (exact) mass is 431 g/mol. The number of pyridine rings is 1. The highest BCUT2D eigenvalue weighted by atomic mass is 19.1. The van der Waals surface area contributed by atoms with Crippen molar-refractivity contribution in [3.05, 3.63) is 71.7 Å². The Morgan fingerprint density at radius 3 is 2.91 bits per heavy atom. The first-order chi connectivity index (χ1) is 15.6. The average Bonchev–Trinajstić information content (AvgIpc) is 3.52. The molecule has 0 amide bonds. The van der Waals surface area contributed by atoms with Crippen LogP contribution in [0.3, 0.4) is 0 Å². The van der Waals surface area contributed by atoms with Crippen LogP contribution in [0.15, 0.2) is 48.9 Å². The number of aryl methyl sites for hydroxylation is 1. The van der Waals surface area contributed by atoms with Crippen molar-refractivity contribution in [2.75, 3.05) is 11.4 Å². The lowest BCUT2D eigenvalue weighted by Gasteiger charge is -2.26. The van der Waals surface area contributed by atoms with Crippen LogP contribution in [0.4, 0.5) is 14.6 Å². The molecule has 0 aliphatic carbocycles. The smallest absolute Gasteiger partial charge is 0.178 e. The number of hydrogen-bond acceptors (Lipinski definition) is 5. The van der Waals surface area contributed by atoms with Crippen LogP contribution in [0.5, 0.6) is 0 Å². The highest BCUT2D eigenvalue weighted by Crippen LogP contribution is 2.37. The molecule has 1 atom stereocenters. The number of hydrogen-bond donors (Lipinski definition) is 1. The van der Waals surface area contributed by atoms with E-state index in [1.165, 1.54) is 12.1 Å². The lowest BCUT2D eigenvalue weighted by molar-refractivity contribution is 0.560. The third-order valence-corrected chi connectivity index (χ3v) is 6.07. The van der Waals surface area contributed by atoms with E-state index in [4.69, 9.17) is 4.98 Å². The van der Waals surface area contributed by atoms with Gasteiger partial charge in [-0.3, -0.25) is 0 Å². The average molecular weight is 431 g/mol. The molecule has 0 saturated carbocycles. The van der Waals surface area contributed by atoms with Crippen molar-refractivity contribution in [2.24, 2.45) is 0 Å². The van der Waals surface area contributed by atoms with E-state index in [2.05, 4.69) is 20.1 Å². The molecule has 7 nitrogen and oxygen atoms in total. The Labute approximate surface area is 181 Å². The normalized spacial score (nSPS) is 16.5. The number of benzene rings is 1. The van der Waals surface area contributed by atoms with Crippen molar-refractivity contribution in [1.82, 2.24) is 29.5 Å². The van der Waals surface area contributed by atoms with E-state index in [1.807, 2.05) is 30.2 Å². The molecule has 32 heavy (non-hydrogen) atoms. The van der Waals surface area contributed by atoms with Crippen molar-refractivity contribution in [3.63, 3.8) is 0 Å². The van der Waals surface area contributed by atoms with Crippen molar-refractivity contribution in [3.8, 4) is 11.4 Å². The predicted molar refractivity (Wildman–Crippen MR) is 116 cm³/mol. The van der Waals surface area contributed by atoms with Gasteiger partial charge in [-0.15, -0.1) is 0 Å². The standard InChI is InChI=1S/C23H19F2N7/c1-13-6-8-26-22-20(13)29-21(30-22)16-12-27-32-10-7-19(28-23(16)32)31-9-2-3-18(31)15-11-14(24)4-5-17(15)25/h4-8,10-12,18H,2-3,9H2,1H3,(H,26,29,30)/t18-/m1/s1. The van der Waals surface area contributed by atoms with Gasteiger partial charge in [-0.05, 0) is 55.7 Å². The first kappa shape index (κ1) is 18.9. The molecule has 1 fully saturated rings. The number of nitrogens with one attached hydrogen (secondary N) is 1. The summed E-state index contributed by atoms with van der Waals surface area (Å²) in [6, 6.07) is 7.12. The fourth-order valence-electron chi connectivity index (χ4n) is 4.48. The second-order valence-corrected chi connectivity index (χ2v) is 8.04. The van der Waals surface area contributed by atoms with Gasteiger partial charge >= 0.3 is 0 Å². The number of nitrogens with zero attached hydrogens (tertiary/aromatic N) is 6. The zero-order valence-corrected chi connectivity index (χ0v) is 17.3. The Hall–Kier alpha value is -3.88. The van der Waals surface area contributed by atoms with Crippen LogP contribution in [-0.2, 0) is 0 Å². The Kier molecular flexibility index (Phi) is 4.17. The summed E-state index contributed by atoms with van der Waals surface area (Å²) in [5, 5.41) is 4.40. The molecule has 4 aromatic heterocycles. The number of imidazole rings is 1. The number of anilines is 1. The summed E-state index contributed by atoms with van der Waals surface area (Å²) in [4.78, 5) is 19.1. The molecule has 1 saturated heterocycles. The Balaban J connectivity index is 1.44. The SMILES string of the molecule is Cc1ccnc2nc(-c3cnn4ccc(N5CCC[C@@H]5c5cc(F)ccc5F)nc34)[nH]c12. The summed E-state index contributed by atoms with van der Waals surface area (Å²) in [5.41, 5.74) is 4.30. The van der Waals surface area contributed by atoms with Crippen LogP contribution in [0.2, 0.25) is 0 Å². The third kappa shape index (κ3) is 2.92. The first-order valence-electron chi connectivity index (χ1n) is 10.5. The molecule has 0 unspecified atom stereocenters. The van der Waals surface area contributed by atoms with E-state index < -0.39 is 11.6 Å². The van der Waals surface area contributed by atoms with Gasteiger partial charge in [-0.1, -0.05) is 0 Å². The number of fused-ring (bicyclic) bond motifs is 2. The maximum atomic E-state index is 14.5. The summed E-state index contributed by atoms with van der Waals surface area (Å²) < 4.78 is 30.0. The highest BCUT2D eigenvalue weighted by Gasteiger charge is 2.30. The van der Waals surface area contributed by atoms with Crippen molar-refractivity contribution in [1.29, 1.82) is 0 Å². The lowest BCUT2D eigenvalue weighted by atomic mass is 10.0. The van der Waals surface area contributed by atoms with Gasteiger partial charge < -0.3 is 9.88 Å². The molecule has 5 aromatic rings. The minimum absolute atomic E-state index is 0.273. The van der Waals surface area contributed by atoms with Crippen LogP contribution in [0.1, 0.15) is 30.0 Å². The molecule has 6 rings (SSSR count). The Morgan fingerprint density at radius 1 is 1.12 bits per heavy atom. The van der Waals surface area contributed by atoms with Crippen LogP contribution >= 0.6 is 0 Å². The second kappa shape index (κ2) is 7.08. The minimum Gasteiger partial charge on any atom is -0.349 e. The van der Waals surface area contributed by atoms with Crippen molar-refractivity contribution >= 4 is 22.6 Å². The van der Waals surface area contributed by atoms with Gasteiger partial charge in [0.1, 0.15) is 23.3 Å². The molecule has 1 aliphatic heterocycles. The Bertz CT molecular complexity index is 1470. The molecule has 1 aromatic carbocycles. The summed E-state index contributed by atoms with van der Waals surface area (Å²) in [5.74, 6) is 0.481. The largest absolute Gasteiger partial charge is 0.349 e. The number of H-pyrrole nitrogens is 1. The summed E-state index contributed by atoms with van der Waals surface area (Å²) in [7, 11) is 0. The van der Waals surface area contributed by atoms with Gasteiger partial charge in [0.15, 0.2) is 11.3 Å². The van der Waals surface area contributed by atoms with E-state index in [0.717, 1.165) is 35.6 Å². The minimum atomic E-state index is -0.441. The maximum absolute atomic E-state index is 14.5.